The summed E-state index contributed by atoms with van der Waals surface area (Å²) in [7, 11) is 0. The Hall–Kier alpha value is -7.07. The number of aliphatic hydroxyl groups is 1. The Morgan fingerprint density at radius 2 is 0.740 bits per heavy atom. The van der Waals surface area contributed by atoms with Crippen LogP contribution in [-0.4, -0.2) is 28.6 Å². The highest BCUT2D eigenvalue weighted by Gasteiger charge is 2.47. The van der Waals surface area contributed by atoms with E-state index >= 15 is 0 Å². The molecular weight excluding hydrogens is 1100 g/mol. The molecule has 1 heterocycles. The van der Waals surface area contributed by atoms with Crippen molar-refractivity contribution in [2.45, 2.75) is 62.4 Å². The van der Waals surface area contributed by atoms with Crippen LogP contribution in [0.2, 0.25) is 0 Å². The predicted octanol–water partition coefficient (Wildman–Crippen LogP) is 12.9. The molecule has 0 amide bonds. The summed E-state index contributed by atoms with van der Waals surface area (Å²) in [6, 6.07) is 0.407. The number of aliphatic hydroxyl groups excluding tert-OH is 1. The van der Waals surface area contributed by atoms with Crippen LogP contribution in [0.15, 0.2) is 128 Å². The van der Waals surface area contributed by atoms with Crippen molar-refractivity contribution in [3.05, 3.63) is 184 Å². The molecule has 5 aromatic carbocycles. The van der Waals surface area contributed by atoms with Crippen LogP contribution < -0.4 is 26.4 Å². The van der Waals surface area contributed by atoms with Gasteiger partial charge in [0.15, 0.2) is 6.20 Å². The average Bonchev–Trinajstić information content (AvgIpc) is 3.30. The summed E-state index contributed by atoms with van der Waals surface area (Å²) in [5, 5.41) is 8.78. The fraction of sp³-hybridized carbons (Fsp3) is 0.229. The van der Waals surface area contributed by atoms with E-state index in [9.17, 15) is 110 Å². The van der Waals surface area contributed by atoms with Gasteiger partial charge in [0.05, 0.1) is 56.9 Å². The van der Waals surface area contributed by atoms with Crippen LogP contribution in [0.25, 0.3) is 6.08 Å². The number of alkyl halides is 24. The monoisotopic (exact) mass is 1130 g/mol. The highest BCUT2D eigenvalue weighted by atomic mass is 19.4. The number of hydrogen-bond acceptors (Lipinski definition) is 3. The van der Waals surface area contributed by atoms with Gasteiger partial charge in [-0.3, -0.25) is 9.78 Å². The summed E-state index contributed by atoms with van der Waals surface area (Å²) in [6.45, 7) is 0.380. The third-order valence-electron chi connectivity index (χ3n) is 11.3. The third-order valence-corrected chi connectivity index (χ3v) is 11.3. The normalized spacial score (nSPS) is 13.4. The quantitative estimate of drug-likeness (QED) is 0.0644. The van der Waals surface area contributed by atoms with Gasteiger partial charge in [0, 0.05) is 18.2 Å². The standard InChI is InChI=1S/C32H12BF24.C16H17N2O2/c34-25(35,36)13-1-14(26(37,38)39)6-21(5-13)33(22-7-15(27(40,41)42)2-16(8-22)28(43,44)45,23-9-17(29(46,47)48)3-18(10-23)30(49,50)51)24-11-19(31(52,53)54)4-20(12-24)32(55,56)57;19-11-5-4-8-15-12-17-9-10-18(15)13-16(20)14-6-2-1-3-7-14/h1-12H;1-4,6-10,12,19H,5,11,13H2/q-1;+1. The molecule has 6 aromatic rings. The van der Waals surface area contributed by atoms with Crippen LogP contribution in [0.5, 0.6) is 0 Å². The fourth-order valence-corrected chi connectivity index (χ4v) is 7.90. The first kappa shape index (κ1) is 60.8. The molecule has 1 N–H and O–H groups in total. The third kappa shape index (κ3) is 14.7. The topological polar surface area (TPSA) is 54.1 Å². The number of Topliss-reactive ketones (excluding diaryl/α,β-unsaturated/α-hetero) is 1. The van der Waals surface area contributed by atoms with Gasteiger partial charge in [-0.1, -0.05) is 84.9 Å². The summed E-state index contributed by atoms with van der Waals surface area (Å²) in [5.41, 5.74) is -28.7. The van der Waals surface area contributed by atoms with Gasteiger partial charge in [-0.05, 0) is 30.7 Å². The Balaban J connectivity index is 0.000000455. The number of benzene rings is 5. The second-order valence-electron chi connectivity index (χ2n) is 16.6. The van der Waals surface area contributed by atoms with Crippen molar-refractivity contribution in [2.75, 3.05) is 6.61 Å². The van der Waals surface area contributed by atoms with E-state index in [2.05, 4.69) is 4.98 Å². The van der Waals surface area contributed by atoms with Crippen LogP contribution >= 0.6 is 0 Å². The maximum atomic E-state index is 14.2. The molecule has 1 aromatic heterocycles. The molecule has 0 aliphatic rings. The van der Waals surface area contributed by atoms with Crippen molar-refractivity contribution in [3.8, 4) is 0 Å². The molecule has 0 aliphatic heterocycles. The second kappa shape index (κ2) is 21.8. The van der Waals surface area contributed by atoms with Crippen LogP contribution in [0.3, 0.4) is 0 Å². The highest BCUT2D eigenvalue weighted by Crippen LogP contribution is 2.41. The van der Waals surface area contributed by atoms with Gasteiger partial charge < -0.3 is 5.11 Å². The molecule has 0 bridgehead atoms. The Kier molecular flexibility index (Phi) is 17.2. The van der Waals surface area contributed by atoms with Gasteiger partial charge in [-0.2, -0.15) is 132 Å². The Labute approximate surface area is 416 Å². The summed E-state index contributed by atoms with van der Waals surface area (Å²) >= 11 is 0. The van der Waals surface area contributed by atoms with Gasteiger partial charge in [-0.25, -0.2) is 0 Å². The Bertz CT molecular complexity index is 2660. The van der Waals surface area contributed by atoms with E-state index in [0.29, 0.717) is 12.0 Å². The molecular formula is C48H29BF24N2O2. The molecule has 414 valence electrons. The first-order valence-electron chi connectivity index (χ1n) is 21.1. The second-order valence-corrected chi connectivity index (χ2v) is 16.6. The van der Waals surface area contributed by atoms with E-state index in [4.69, 9.17) is 5.11 Å². The van der Waals surface area contributed by atoms with Crippen LogP contribution in [0.4, 0.5) is 105 Å². The average molecular weight is 1130 g/mol. The van der Waals surface area contributed by atoms with E-state index in [-0.39, 0.29) is 18.9 Å². The van der Waals surface area contributed by atoms with E-state index in [1.54, 1.807) is 18.6 Å². The van der Waals surface area contributed by atoms with Gasteiger partial charge in [0.25, 0.3) is 0 Å². The first-order valence-corrected chi connectivity index (χ1v) is 21.1. The number of ketones is 1. The number of nitrogens with zero attached hydrogens (tertiary/aromatic N) is 2. The molecule has 6 rings (SSSR count). The molecule has 0 radical (unpaired) electrons. The highest BCUT2D eigenvalue weighted by molar-refractivity contribution is 7.20. The minimum absolute atomic E-state index is 0.0543. The zero-order valence-electron chi connectivity index (χ0n) is 37.7. The van der Waals surface area contributed by atoms with Gasteiger partial charge in [-0.15, -0.1) is 0 Å². The minimum Gasteiger partial charge on any atom is -0.396 e. The fourth-order valence-electron chi connectivity index (χ4n) is 7.90. The summed E-state index contributed by atoms with van der Waals surface area (Å²) in [5.74, 6) is 0.0543. The number of rotatable bonds is 10. The molecule has 4 nitrogen and oxygen atoms in total. The smallest absolute Gasteiger partial charge is 0.396 e. The molecule has 0 atom stereocenters. The lowest BCUT2D eigenvalue weighted by molar-refractivity contribution is -0.685. The van der Waals surface area contributed by atoms with Gasteiger partial charge in [0.2, 0.25) is 18.0 Å². The molecule has 0 saturated heterocycles. The maximum Gasteiger partial charge on any atom is 0.416 e. The lowest BCUT2D eigenvalue weighted by atomic mass is 9.12. The van der Waals surface area contributed by atoms with Crippen molar-refractivity contribution < 1.29 is 120 Å². The van der Waals surface area contributed by atoms with Crippen molar-refractivity contribution >= 4 is 39.9 Å². The number of carbonyl (C=O) groups excluding carboxylic acids is 1. The molecule has 0 fully saturated rings. The number of carbonyl (C=O) groups is 1. The predicted molar refractivity (Wildman–Crippen MR) is 226 cm³/mol. The molecule has 0 spiro atoms. The van der Waals surface area contributed by atoms with E-state index in [1.807, 2.05) is 47.1 Å². The number of hydrogen-bond donors (Lipinski definition) is 1. The number of aromatic nitrogens is 2. The van der Waals surface area contributed by atoms with E-state index in [1.165, 1.54) is 0 Å². The minimum atomic E-state index is -6.13. The van der Waals surface area contributed by atoms with E-state index < -0.39 is 195 Å². The van der Waals surface area contributed by atoms with Crippen molar-refractivity contribution in [3.63, 3.8) is 0 Å². The van der Waals surface area contributed by atoms with Crippen LogP contribution in [0.1, 0.15) is 67.0 Å². The maximum absolute atomic E-state index is 14.2. The van der Waals surface area contributed by atoms with Crippen molar-refractivity contribution in [1.29, 1.82) is 0 Å². The van der Waals surface area contributed by atoms with Gasteiger partial charge in [0.1, 0.15) is 6.15 Å². The largest absolute Gasteiger partial charge is 0.416 e. The van der Waals surface area contributed by atoms with Gasteiger partial charge >= 0.3 is 49.4 Å². The van der Waals surface area contributed by atoms with Crippen LogP contribution in [0, 0.1) is 0 Å². The van der Waals surface area contributed by atoms with Crippen molar-refractivity contribution in [2.24, 2.45) is 0 Å². The molecule has 0 unspecified atom stereocenters. The summed E-state index contributed by atoms with van der Waals surface area (Å²) in [6.07, 6.45) is -45.4. The lowest BCUT2D eigenvalue weighted by Crippen LogP contribution is -2.75. The molecule has 0 saturated carbocycles. The molecule has 77 heavy (non-hydrogen) atoms. The number of halogens is 24. The zero-order valence-corrected chi connectivity index (χ0v) is 37.7. The van der Waals surface area contributed by atoms with Crippen LogP contribution in [-0.2, 0) is 56.0 Å². The van der Waals surface area contributed by atoms with Crippen molar-refractivity contribution in [1.82, 2.24) is 4.98 Å². The summed E-state index contributed by atoms with van der Waals surface area (Å²) < 4.78 is 343. The first-order chi connectivity index (χ1) is 35.1. The Morgan fingerprint density at radius 3 is 1.00 bits per heavy atom. The molecule has 0 aliphatic carbocycles. The van der Waals surface area contributed by atoms with E-state index in [0.717, 1.165) is 5.69 Å². The summed E-state index contributed by atoms with van der Waals surface area (Å²) in [4.78, 5) is 16.2. The Morgan fingerprint density at radius 1 is 0.455 bits per heavy atom. The molecule has 29 heteroatoms. The SMILES string of the molecule is FC(F)(F)c1cc([B-](c2cc(C(F)(F)F)cc(C(F)(F)F)c2)(c2cc(C(F)(F)F)cc(C(F)(F)F)c2)c2cc(C(F)(F)F)cc(C(F)(F)F)c2)cc(C(F)(F)F)c1.O=C(C[n+]1ccncc1C=CCCO)c1ccccc1. The zero-order chi connectivity index (χ0) is 58.1. The lowest BCUT2D eigenvalue weighted by Gasteiger charge is -2.46.